The summed E-state index contributed by atoms with van der Waals surface area (Å²) >= 11 is 9.40. The van der Waals surface area contributed by atoms with Crippen molar-refractivity contribution in [2.45, 2.75) is 24.4 Å². The molecule has 2 rings (SSSR count). The van der Waals surface area contributed by atoms with Crippen molar-refractivity contribution in [3.8, 4) is 0 Å². The van der Waals surface area contributed by atoms with Crippen LogP contribution in [-0.2, 0) is 31.6 Å². The molecule has 1 aromatic rings. The Morgan fingerprint density at radius 3 is 2.38 bits per heavy atom. The van der Waals surface area contributed by atoms with Gasteiger partial charge in [0.25, 0.3) is 5.91 Å². The predicted octanol–water partition coefficient (Wildman–Crippen LogP) is 1.95. The molecular weight excluding hydrogens is 553 g/mol. The zero-order chi connectivity index (χ0) is 24.7. The van der Waals surface area contributed by atoms with Crippen molar-refractivity contribution < 1.29 is 65.0 Å². The molecular formula is C8H10F2N5O12P3S2. The fraction of sp³-hybridized carbons (Fsp3) is 0.500. The topological polar surface area (TPSA) is 259 Å². The highest BCUT2D eigenvalue weighted by molar-refractivity contribution is 7.72. The van der Waals surface area contributed by atoms with Crippen molar-refractivity contribution in [1.82, 2.24) is 9.55 Å². The van der Waals surface area contributed by atoms with Crippen LogP contribution in [0.3, 0.4) is 0 Å². The summed E-state index contributed by atoms with van der Waals surface area (Å²) in [7, 11) is -17.8. The van der Waals surface area contributed by atoms with Crippen molar-refractivity contribution >= 4 is 47.9 Å². The maximum absolute atomic E-state index is 14.7. The second kappa shape index (κ2) is 9.34. The number of alkyl halides is 1. The van der Waals surface area contributed by atoms with Crippen LogP contribution in [0.4, 0.5) is 8.78 Å². The number of nitrogens with zero attached hydrogens (tertiary/aromatic N) is 4. The summed E-state index contributed by atoms with van der Waals surface area (Å²) in [5.41, 5.74) is 8.68. The summed E-state index contributed by atoms with van der Waals surface area (Å²) in [4.78, 5) is 40.1. The summed E-state index contributed by atoms with van der Waals surface area (Å²) in [5.74, 6) is -4.64. The molecule has 3 unspecified atom stereocenters. The Morgan fingerprint density at radius 1 is 1.25 bits per heavy atom. The lowest BCUT2D eigenvalue weighted by Gasteiger charge is -2.28. The molecule has 1 aromatic heterocycles. The summed E-state index contributed by atoms with van der Waals surface area (Å²) in [5, 5.41) is 12.8. The lowest BCUT2D eigenvalue weighted by Crippen LogP contribution is -2.42. The van der Waals surface area contributed by atoms with E-state index in [1.165, 1.54) is 0 Å². The van der Waals surface area contributed by atoms with Crippen LogP contribution in [0.5, 0.6) is 0 Å². The summed E-state index contributed by atoms with van der Waals surface area (Å²) in [6.45, 7) is 0. The molecule has 24 heteroatoms. The number of H-pyrrole nitrogens is 1. The number of azide groups is 1. The Kier molecular flexibility index (Phi) is 7.96. The molecule has 1 fully saturated rings. The molecule has 17 nitrogen and oxygen atoms in total. The lowest BCUT2D eigenvalue weighted by molar-refractivity contribution is -0.222. The van der Waals surface area contributed by atoms with Crippen LogP contribution >= 0.6 is 47.9 Å². The van der Waals surface area contributed by atoms with Crippen LogP contribution in [0.25, 0.3) is 10.4 Å². The quantitative estimate of drug-likeness (QED) is 0.0869. The molecule has 32 heavy (non-hydrogen) atoms. The van der Waals surface area contributed by atoms with E-state index in [0.29, 0.717) is 10.8 Å². The third-order valence-corrected chi connectivity index (χ3v) is 7.71. The average Bonchev–Trinajstić information content (AvgIpc) is 2.80. The molecule has 0 spiro atoms. The summed E-state index contributed by atoms with van der Waals surface area (Å²) < 4.78 is 78.1. The van der Waals surface area contributed by atoms with Gasteiger partial charge in [0.15, 0.2) is 29.1 Å². The first-order chi connectivity index (χ1) is 14.4. The number of aromatic nitrogens is 2. The molecule has 1 aliphatic heterocycles. The molecule has 6 atom stereocenters. The number of phosphoric acid groups is 3. The number of nitrogens with one attached hydrogen (secondary N) is 1. The van der Waals surface area contributed by atoms with E-state index in [-0.39, 0.29) is 0 Å². The fourth-order valence-electron chi connectivity index (χ4n) is 2.23. The van der Waals surface area contributed by atoms with Crippen molar-refractivity contribution in [3.63, 3.8) is 0 Å². The number of aromatic amines is 1. The van der Waals surface area contributed by atoms with Crippen LogP contribution in [0, 0.1) is 15.2 Å². The minimum absolute atomic E-state index is 0.480. The van der Waals surface area contributed by atoms with E-state index in [1.807, 2.05) is 0 Å². The van der Waals surface area contributed by atoms with Gasteiger partial charge < -0.3 is 34.4 Å². The molecule has 1 aliphatic rings. The minimum Gasteiger partial charge on any atom is -0.384 e. The van der Waals surface area contributed by atoms with Gasteiger partial charge in [-0.3, -0.25) is 4.57 Å². The maximum Gasteiger partial charge on any atom is 0.490 e. The van der Waals surface area contributed by atoms with E-state index in [1.54, 1.807) is 0 Å². The third-order valence-electron chi connectivity index (χ3n) is 3.28. The Morgan fingerprint density at radius 2 is 1.84 bits per heavy atom. The Hall–Kier alpha value is -0.980. The number of hydrogen-bond donors (Lipinski definition) is 6. The number of ether oxygens (including phenoxy) is 1. The first kappa shape index (κ1) is 27.3. The fourth-order valence-corrected chi connectivity index (χ4v) is 5.86. The normalized spacial score (nSPS) is 29.7. The predicted molar refractivity (Wildman–Crippen MR) is 98.3 cm³/mol. The second-order valence-electron chi connectivity index (χ2n) is 5.54. The smallest absolute Gasteiger partial charge is 0.384 e. The Bertz CT molecular complexity index is 1220. The van der Waals surface area contributed by atoms with Crippen LogP contribution in [0.1, 0.15) is 6.23 Å². The van der Waals surface area contributed by atoms with Gasteiger partial charge in [-0.1, -0.05) is 12.2 Å². The highest BCUT2D eigenvalue weighted by atomic mass is 32.1. The van der Waals surface area contributed by atoms with Crippen LogP contribution < -0.4 is 0 Å². The standard InChI is InChI=1S/C8H10F2N5O12P3S2/c9-2-1-15(7(32)12-5(2)31)6-3(10)4(16)8(24-6,13-14-11)25-29(20,21)27-30(22,23)26-28(17,18)19/h1,3-4,6,16H,(H,20,21)(H,22,23)(H,12,31,32)(H2,17,18,19)/t3?,4-,6-,8+/m1/s1. The van der Waals surface area contributed by atoms with Gasteiger partial charge in [0.1, 0.15) is 4.64 Å². The largest absolute Gasteiger partial charge is 0.490 e. The van der Waals surface area contributed by atoms with Gasteiger partial charge in [0, 0.05) is 11.1 Å². The molecule has 1 saturated heterocycles. The van der Waals surface area contributed by atoms with E-state index in [9.17, 15) is 32.5 Å². The van der Waals surface area contributed by atoms with E-state index < -0.39 is 63.1 Å². The van der Waals surface area contributed by atoms with Gasteiger partial charge >= 0.3 is 23.5 Å². The van der Waals surface area contributed by atoms with E-state index >= 15 is 0 Å². The van der Waals surface area contributed by atoms with E-state index in [4.69, 9.17) is 37.2 Å². The van der Waals surface area contributed by atoms with Gasteiger partial charge in [-0.05, 0) is 22.9 Å². The third kappa shape index (κ3) is 6.32. The maximum atomic E-state index is 14.7. The molecule has 2 heterocycles. The number of rotatable bonds is 8. The minimum atomic E-state index is -6.09. The number of aliphatic hydroxyl groups is 1. The average molecular weight is 563 g/mol. The number of phosphoric ester groups is 1. The van der Waals surface area contributed by atoms with Crippen molar-refractivity contribution in [2.75, 3.05) is 0 Å². The Labute approximate surface area is 184 Å². The van der Waals surface area contributed by atoms with E-state index in [0.717, 1.165) is 0 Å². The van der Waals surface area contributed by atoms with Crippen molar-refractivity contribution in [2.24, 2.45) is 5.11 Å². The molecule has 0 bridgehead atoms. The van der Waals surface area contributed by atoms with Crippen LogP contribution in [-0.4, -0.2) is 52.4 Å². The van der Waals surface area contributed by atoms with Crippen LogP contribution in [0.2, 0.25) is 0 Å². The van der Waals surface area contributed by atoms with Crippen molar-refractivity contribution in [3.05, 3.63) is 31.9 Å². The number of hydrogen-bond acceptors (Lipinski definition) is 11. The second-order valence-corrected chi connectivity index (χ2v) is 10.7. The molecule has 0 amide bonds. The molecule has 0 aliphatic carbocycles. The monoisotopic (exact) mass is 563 g/mol. The molecule has 0 radical (unpaired) electrons. The molecule has 0 saturated carbocycles. The van der Waals surface area contributed by atoms with Gasteiger partial charge in [-0.2, -0.15) is 8.62 Å². The first-order valence-electron chi connectivity index (χ1n) is 7.34. The lowest BCUT2D eigenvalue weighted by atomic mass is 10.2. The SMILES string of the molecule is [N-]=[N+]=N[C@]1(OP(=O)(O)OP(=O)(O)OP(=O)(O)O)O[C@@H](n2cc(F)c(=S)[nH]c2=S)C(F)[C@H]1O. The molecule has 0 aromatic carbocycles. The van der Waals surface area contributed by atoms with Crippen LogP contribution in [0.15, 0.2) is 11.3 Å². The zero-order valence-electron chi connectivity index (χ0n) is 14.6. The number of aliphatic hydroxyl groups excluding tert-OH is 1. The highest BCUT2D eigenvalue weighted by Gasteiger charge is 2.61. The van der Waals surface area contributed by atoms with Gasteiger partial charge in [-0.15, -0.1) is 0 Å². The summed E-state index contributed by atoms with van der Waals surface area (Å²) in [6.07, 6.45) is -7.14. The number of halogens is 2. The van der Waals surface area contributed by atoms with E-state index in [2.05, 4.69) is 40.4 Å². The highest BCUT2D eigenvalue weighted by Crippen LogP contribution is 2.68. The Balaban J connectivity index is 2.44. The summed E-state index contributed by atoms with van der Waals surface area (Å²) in [6, 6.07) is 0. The molecule has 180 valence electrons. The van der Waals surface area contributed by atoms with Crippen molar-refractivity contribution in [1.29, 1.82) is 0 Å². The first-order valence-corrected chi connectivity index (χ1v) is 12.7. The van der Waals surface area contributed by atoms with Gasteiger partial charge in [0.05, 0.1) is 0 Å². The van der Waals surface area contributed by atoms with Gasteiger partial charge in [0.2, 0.25) is 0 Å². The zero-order valence-corrected chi connectivity index (χ0v) is 18.9. The van der Waals surface area contributed by atoms with Gasteiger partial charge in [-0.25, -0.2) is 27.0 Å². The molecule has 6 N–H and O–H groups in total.